The Morgan fingerprint density at radius 1 is 0.800 bits per heavy atom. The summed E-state index contributed by atoms with van der Waals surface area (Å²) in [6.45, 7) is 14.3. The Morgan fingerprint density at radius 2 is 1.36 bits per heavy atom. The number of likely N-dealkylation sites (tertiary alicyclic amines) is 2. The van der Waals surface area contributed by atoms with Crippen LogP contribution in [0.5, 0.6) is 0 Å². The molecule has 0 radical (unpaired) electrons. The van der Waals surface area contributed by atoms with Crippen molar-refractivity contribution in [3.8, 4) is 0 Å². The highest BCUT2D eigenvalue weighted by Gasteiger charge is 2.61. The van der Waals surface area contributed by atoms with Gasteiger partial charge >= 0.3 is 5.97 Å². The van der Waals surface area contributed by atoms with Crippen molar-refractivity contribution in [2.45, 2.75) is 47.0 Å². The van der Waals surface area contributed by atoms with Gasteiger partial charge in [0, 0.05) is 57.6 Å². The van der Waals surface area contributed by atoms with Crippen molar-refractivity contribution in [3.05, 3.63) is 84.0 Å². The standard InChI is InChI=1S/C44H60N4O7/c1-7-30-34(25-27(2)3)32(38-37(30)41(50)48(44(38)53)22-20-46-19-17-36(49)55-24-23-54-6)15-16-33-35(26-28(4)5)31(14-13-29-11-9-8-10-12-29)39-40(33)43(52)47(21-18-45)42(39)51/h7-12,15-16,25-28,30-33,37-40,46H,1,13-14,17-24,45H2,2-6H3/b16-15-,34-25?,35-26?/t30-,31+,32+,33-,37+,38-,39-,40+/m0/s1. The molecule has 3 N–H and O–H groups in total. The number of fused-ring (bicyclic) bond motifs is 2. The quantitative estimate of drug-likeness (QED) is 0.0911. The van der Waals surface area contributed by atoms with Gasteiger partial charge in [0.2, 0.25) is 23.6 Å². The maximum atomic E-state index is 14.3. The van der Waals surface area contributed by atoms with E-state index in [1.807, 2.05) is 18.2 Å². The predicted molar refractivity (Wildman–Crippen MR) is 211 cm³/mol. The Balaban J connectivity index is 1.43. The van der Waals surface area contributed by atoms with Gasteiger partial charge in [0.15, 0.2) is 0 Å². The zero-order valence-electron chi connectivity index (χ0n) is 33.2. The van der Waals surface area contributed by atoms with Crippen molar-refractivity contribution >= 4 is 29.6 Å². The highest BCUT2D eigenvalue weighted by atomic mass is 16.6. The first kappa shape index (κ1) is 42.0. The Hall–Kier alpha value is -4.19. The van der Waals surface area contributed by atoms with Crippen LogP contribution >= 0.6 is 0 Å². The van der Waals surface area contributed by atoms with Crippen molar-refractivity contribution < 1.29 is 33.4 Å². The SMILES string of the molecule is C=C[C@H]1C(=CC(C)C)[C@@H](/C=C\[C@H]2C(=CC(C)C)[C@@H](CCc3ccccc3)[C@@H]3C(=O)N(CCN)C(=O)[C@@H]32)[C@@H]2C(=O)N(CCNCCC(=O)OCCOC)C(=O)[C@@H]21. The van der Waals surface area contributed by atoms with Gasteiger partial charge in [-0.3, -0.25) is 33.8 Å². The lowest BCUT2D eigenvalue weighted by Crippen LogP contribution is -2.39. The van der Waals surface area contributed by atoms with E-state index in [2.05, 4.69) is 76.0 Å². The number of carbonyl (C=O) groups is 5. The van der Waals surface area contributed by atoms with Crippen LogP contribution in [0.4, 0.5) is 0 Å². The smallest absolute Gasteiger partial charge is 0.307 e. The number of nitrogens with zero attached hydrogens (tertiary/aromatic N) is 2. The zero-order valence-corrected chi connectivity index (χ0v) is 33.2. The second-order valence-electron chi connectivity index (χ2n) is 15.9. The summed E-state index contributed by atoms with van der Waals surface area (Å²) in [5.41, 5.74) is 9.16. The van der Waals surface area contributed by atoms with E-state index in [9.17, 15) is 24.0 Å². The molecule has 1 aromatic carbocycles. The van der Waals surface area contributed by atoms with Gasteiger partial charge in [-0.25, -0.2) is 0 Å². The van der Waals surface area contributed by atoms with Crippen LogP contribution in [0.2, 0.25) is 0 Å². The molecular formula is C44H60N4O7. The Labute approximate surface area is 326 Å². The number of hydrogen-bond donors (Lipinski definition) is 2. The normalized spacial score (nSPS) is 29.2. The molecule has 55 heavy (non-hydrogen) atoms. The molecule has 11 heteroatoms. The second kappa shape index (κ2) is 19.1. The third-order valence-electron chi connectivity index (χ3n) is 11.5. The number of ether oxygens (including phenoxy) is 2. The fourth-order valence-electron chi connectivity index (χ4n) is 9.31. The van der Waals surface area contributed by atoms with Crippen molar-refractivity contribution in [1.29, 1.82) is 0 Å². The molecule has 2 saturated heterocycles. The van der Waals surface area contributed by atoms with Crippen LogP contribution in [-0.4, -0.2) is 92.4 Å². The number of rotatable bonds is 19. The van der Waals surface area contributed by atoms with Crippen LogP contribution in [-0.2, 0) is 39.9 Å². The van der Waals surface area contributed by atoms with E-state index in [0.29, 0.717) is 19.7 Å². The summed E-state index contributed by atoms with van der Waals surface area (Å²) in [6.07, 6.45) is 11.9. The number of nitrogens with one attached hydrogen (secondary N) is 1. The van der Waals surface area contributed by atoms with Gasteiger partial charge < -0.3 is 20.5 Å². The summed E-state index contributed by atoms with van der Waals surface area (Å²) < 4.78 is 10.0. The van der Waals surface area contributed by atoms with Gasteiger partial charge in [-0.15, -0.1) is 6.58 Å². The molecular weight excluding hydrogens is 697 g/mol. The molecule has 0 unspecified atom stereocenters. The highest BCUT2D eigenvalue weighted by Crippen LogP contribution is 2.55. The van der Waals surface area contributed by atoms with Gasteiger partial charge in [-0.1, -0.05) is 99.6 Å². The monoisotopic (exact) mass is 756 g/mol. The van der Waals surface area contributed by atoms with Crippen molar-refractivity contribution in [1.82, 2.24) is 15.1 Å². The second-order valence-corrected chi connectivity index (χ2v) is 15.9. The molecule has 2 aliphatic carbocycles. The maximum Gasteiger partial charge on any atom is 0.307 e. The minimum Gasteiger partial charge on any atom is -0.463 e. The number of nitrogens with two attached hydrogens (primary N) is 1. The Bertz CT molecular complexity index is 1670. The first-order chi connectivity index (χ1) is 26.4. The van der Waals surface area contributed by atoms with E-state index in [0.717, 1.165) is 24.0 Å². The van der Waals surface area contributed by atoms with Gasteiger partial charge in [0.05, 0.1) is 36.7 Å². The van der Waals surface area contributed by atoms with Crippen molar-refractivity contribution in [2.75, 3.05) is 53.0 Å². The number of carbonyl (C=O) groups excluding carboxylic acids is 5. The number of methoxy groups -OCH3 is 1. The summed E-state index contributed by atoms with van der Waals surface area (Å²) >= 11 is 0. The number of amides is 4. The lowest BCUT2D eigenvalue weighted by Gasteiger charge is -2.24. The van der Waals surface area contributed by atoms with E-state index >= 15 is 0 Å². The van der Waals surface area contributed by atoms with E-state index in [-0.39, 0.29) is 97.8 Å². The molecule has 2 heterocycles. The summed E-state index contributed by atoms with van der Waals surface area (Å²) in [5, 5.41) is 3.16. The number of allylic oxidation sites excluding steroid dienone is 7. The Kier molecular flexibility index (Phi) is 14.6. The van der Waals surface area contributed by atoms with Gasteiger partial charge in [0.1, 0.15) is 6.61 Å². The lowest BCUT2D eigenvalue weighted by molar-refractivity contribution is -0.145. The molecule has 11 nitrogen and oxygen atoms in total. The maximum absolute atomic E-state index is 14.3. The van der Waals surface area contributed by atoms with Crippen LogP contribution in [0.1, 0.15) is 46.1 Å². The first-order valence-electron chi connectivity index (χ1n) is 20.0. The highest BCUT2D eigenvalue weighted by molar-refractivity contribution is 6.07. The van der Waals surface area contributed by atoms with E-state index in [1.54, 1.807) is 6.08 Å². The third kappa shape index (κ3) is 9.11. The third-order valence-corrected chi connectivity index (χ3v) is 11.5. The number of hydrogen-bond acceptors (Lipinski definition) is 9. The number of benzene rings is 1. The molecule has 2 aliphatic heterocycles. The number of esters is 1. The summed E-state index contributed by atoms with van der Waals surface area (Å²) in [7, 11) is 1.54. The molecule has 4 aliphatic rings. The molecule has 8 atom stereocenters. The first-order valence-corrected chi connectivity index (χ1v) is 20.0. The Morgan fingerprint density at radius 3 is 1.96 bits per heavy atom. The van der Waals surface area contributed by atoms with E-state index in [4.69, 9.17) is 15.2 Å². The fraction of sp³-hybridized carbons (Fsp3) is 0.568. The molecule has 4 amide bonds. The average Bonchev–Trinajstić information content (AvgIpc) is 3.78. The molecule has 1 aromatic rings. The van der Waals surface area contributed by atoms with Crippen LogP contribution in [0.15, 0.2) is 78.4 Å². The molecule has 0 spiro atoms. The van der Waals surface area contributed by atoms with E-state index in [1.165, 1.54) is 22.5 Å². The van der Waals surface area contributed by atoms with Crippen LogP contribution < -0.4 is 11.1 Å². The van der Waals surface area contributed by atoms with Crippen LogP contribution in [0.3, 0.4) is 0 Å². The molecule has 2 saturated carbocycles. The number of aryl methyl sites for hydroxylation is 1. The fourth-order valence-corrected chi connectivity index (χ4v) is 9.31. The predicted octanol–water partition coefficient (Wildman–Crippen LogP) is 4.35. The molecule has 0 aromatic heterocycles. The summed E-state index contributed by atoms with van der Waals surface area (Å²) in [5.74, 6) is -4.24. The average molecular weight is 757 g/mol. The molecule has 298 valence electrons. The minimum absolute atomic E-state index is 0.130. The zero-order chi connectivity index (χ0) is 39.8. The van der Waals surface area contributed by atoms with Crippen molar-refractivity contribution in [3.63, 3.8) is 0 Å². The van der Waals surface area contributed by atoms with Crippen LogP contribution in [0.25, 0.3) is 0 Å². The lowest BCUT2D eigenvalue weighted by atomic mass is 9.84. The van der Waals surface area contributed by atoms with Gasteiger partial charge in [0.25, 0.3) is 0 Å². The van der Waals surface area contributed by atoms with E-state index < -0.39 is 23.7 Å². The van der Waals surface area contributed by atoms with Crippen LogP contribution in [0, 0.1) is 59.2 Å². The summed E-state index contributed by atoms with van der Waals surface area (Å²) in [4.78, 5) is 71.1. The topological polar surface area (TPSA) is 148 Å². The molecule has 0 bridgehead atoms. The minimum atomic E-state index is -0.620. The summed E-state index contributed by atoms with van der Waals surface area (Å²) in [6, 6.07) is 10.2. The van der Waals surface area contributed by atoms with Gasteiger partial charge in [-0.05, 0) is 36.2 Å². The van der Waals surface area contributed by atoms with Crippen molar-refractivity contribution in [2.24, 2.45) is 64.9 Å². The molecule has 4 fully saturated rings. The largest absolute Gasteiger partial charge is 0.463 e. The van der Waals surface area contributed by atoms with Gasteiger partial charge in [-0.2, -0.15) is 0 Å². The number of imide groups is 2. The molecule has 5 rings (SSSR count).